The first-order valence-corrected chi connectivity index (χ1v) is 11.4. The summed E-state index contributed by atoms with van der Waals surface area (Å²) in [6.45, 7) is 7.35. The maximum absolute atomic E-state index is 5.88. The van der Waals surface area contributed by atoms with Crippen LogP contribution in [0.25, 0.3) is 0 Å². The molecule has 0 bridgehead atoms. The zero-order chi connectivity index (χ0) is 19.0. The molecule has 1 unspecified atom stereocenters. The lowest BCUT2D eigenvalue weighted by molar-refractivity contribution is -0.162. The van der Waals surface area contributed by atoms with Crippen LogP contribution < -0.4 is 0 Å². The second-order valence-electron chi connectivity index (χ2n) is 7.86. The molecule has 0 aromatic heterocycles. The molecule has 1 saturated carbocycles. The Bertz CT molecular complexity index is 327. The average Bonchev–Trinajstić information content (AvgIpc) is 2.66. The molecule has 2 rings (SSSR count). The highest BCUT2D eigenvalue weighted by atomic mass is 16.7. The van der Waals surface area contributed by atoms with Crippen LogP contribution in [-0.2, 0) is 23.7 Å². The zero-order valence-corrected chi connectivity index (χ0v) is 17.5. The van der Waals surface area contributed by atoms with Gasteiger partial charge in [0, 0.05) is 39.6 Å². The summed E-state index contributed by atoms with van der Waals surface area (Å²) in [5.74, 6) is 0. The zero-order valence-electron chi connectivity index (χ0n) is 17.5. The van der Waals surface area contributed by atoms with Crippen LogP contribution in [0.5, 0.6) is 0 Å². The monoisotopic (exact) mass is 386 g/mol. The van der Waals surface area contributed by atoms with Gasteiger partial charge in [0.2, 0.25) is 0 Å². The number of hydrogen-bond donors (Lipinski definition) is 0. The van der Waals surface area contributed by atoms with Gasteiger partial charge in [0.15, 0.2) is 6.29 Å². The third-order valence-corrected chi connectivity index (χ3v) is 5.31. The lowest BCUT2D eigenvalue weighted by atomic mass is 9.92. The molecule has 1 saturated heterocycles. The van der Waals surface area contributed by atoms with Gasteiger partial charge in [0.05, 0.1) is 12.2 Å². The van der Waals surface area contributed by atoms with Gasteiger partial charge in [-0.25, -0.2) is 0 Å². The van der Waals surface area contributed by atoms with Crippen LogP contribution in [0, 0.1) is 0 Å². The highest BCUT2D eigenvalue weighted by Gasteiger charge is 2.30. The van der Waals surface area contributed by atoms with E-state index in [-0.39, 0.29) is 6.29 Å². The molecular formula is C22H42O5. The maximum Gasteiger partial charge on any atom is 0.157 e. The van der Waals surface area contributed by atoms with Crippen LogP contribution in [0.4, 0.5) is 0 Å². The van der Waals surface area contributed by atoms with E-state index < -0.39 is 0 Å². The summed E-state index contributed by atoms with van der Waals surface area (Å²) in [4.78, 5) is 0. The molecule has 1 aliphatic carbocycles. The van der Waals surface area contributed by atoms with E-state index in [1.165, 1.54) is 32.1 Å². The fourth-order valence-corrected chi connectivity index (χ4v) is 3.38. The first kappa shape index (κ1) is 23.1. The Morgan fingerprint density at radius 1 is 0.704 bits per heavy atom. The van der Waals surface area contributed by atoms with Gasteiger partial charge >= 0.3 is 0 Å². The highest BCUT2D eigenvalue weighted by Crippen LogP contribution is 2.26. The molecule has 0 aromatic rings. The SMILES string of the molecule is CCCCOC1CC(OCCCCOCCCCCOC2CCCCO2)C1. The van der Waals surface area contributed by atoms with Crippen molar-refractivity contribution in [2.45, 2.75) is 102 Å². The van der Waals surface area contributed by atoms with Crippen LogP contribution in [-0.4, -0.2) is 58.1 Å². The largest absolute Gasteiger partial charge is 0.381 e. The van der Waals surface area contributed by atoms with E-state index in [9.17, 15) is 0 Å². The minimum Gasteiger partial charge on any atom is -0.381 e. The molecule has 2 aliphatic rings. The first-order valence-electron chi connectivity index (χ1n) is 11.4. The molecule has 27 heavy (non-hydrogen) atoms. The van der Waals surface area contributed by atoms with E-state index in [0.717, 1.165) is 84.6 Å². The third-order valence-electron chi connectivity index (χ3n) is 5.31. The van der Waals surface area contributed by atoms with Crippen LogP contribution in [0.3, 0.4) is 0 Å². The van der Waals surface area contributed by atoms with Crippen molar-refractivity contribution in [3.63, 3.8) is 0 Å². The second-order valence-corrected chi connectivity index (χ2v) is 7.86. The van der Waals surface area contributed by atoms with Crippen LogP contribution in [0.15, 0.2) is 0 Å². The van der Waals surface area contributed by atoms with Gasteiger partial charge in [-0.2, -0.15) is 0 Å². The highest BCUT2D eigenvalue weighted by molar-refractivity contribution is 4.81. The van der Waals surface area contributed by atoms with Gasteiger partial charge in [-0.1, -0.05) is 13.3 Å². The molecule has 0 N–H and O–H groups in total. The van der Waals surface area contributed by atoms with E-state index in [1.807, 2.05) is 0 Å². The summed E-state index contributed by atoms with van der Waals surface area (Å²) < 4.78 is 28.6. The molecule has 2 fully saturated rings. The summed E-state index contributed by atoms with van der Waals surface area (Å²) in [6, 6.07) is 0. The molecule has 0 radical (unpaired) electrons. The van der Waals surface area contributed by atoms with Crippen molar-refractivity contribution in [2.75, 3.05) is 39.6 Å². The average molecular weight is 387 g/mol. The summed E-state index contributed by atoms with van der Waals surface area (Å²) in [6.07, 6.45) is 14.5. The Hall–Kier alpha value is -0.200. The van der Waals surface area contributed by atoms with Gasteiger partial charge in [-0.3, -0.25) is 0 Å². The molecule has 1 atom stereocenters. The van der Waals surface area contributed by atoms with Crippen molar-refractivity contribution in [3.05, 3.63) is 0 Å². The molecule has 1 aliphatic heterocycles. The van der Waals surface area contributed by atoms with Crippen molar-refractivity contribution in [1.82, 2.24) is 0 Å². The van der Waals surface area contributed by atoms with Gasteiger partial charge in [-0.05, 0) is 70.6 Å². The van der Waals surface area contributed by atoms with E-state index in [1.54, 1.807) is 0 Å². The second kappa shape index (κ2) is 15.7. The Morgan fingerprint density at radius 2 is 1.33 bits per heavy atom. The summed E-state index contributed by atoms with van der Waals surface area (Å²) in [5, 5.41) is 0. The van der Waals surface area contributed by atoms with E-state index in [4.69, 9.17) is 23.7 Å². The van der Waals surface area contributed by atoms with Crippen LogP contribution in [0.1, 0.15) is 84.0 Å². The standard InChI is InChI=1S/C22H42O5/c1-2-3-14-24-20-18-21(19-20)25-15-10-9-13-23-12-6-4-7-16-26-22-11-5-8-17-27-22/h20-22H,2-19H2,1H3. The molecule has 0 amide bonds. The van der Waals surface area contributed by atoms with E-state index >= 15 is 0 Å². The fourth-order valence-electron chi connectivity index (χ4n) is 3.38. The van der Waals surface area contributed by atoms with E-state index in [0.29, 0.717) is 12.2 Å². The molecule has 5 heteroatoms. The minimum absolute atomic E-state index is 0.0524. The molecule has 5 nitrogen and oxygen atoms in total. The number of ether oxygens (including phenoxy) is 5. The first-order chi connectivity index (χ1) is 13.4. The lowest BCUT2D eigenvalue weighted by Gasteiger charge is -2.35. The molecule has 1 heterocycles. The third kappa shape index (κ3) is 11.4. The number of hydrogen-bond acceptors (Lipinski definition) is 5. The molecule has 0 spiro atoms. The van der Waals surface area contributed by atoms with Gasteiger partial charge in [0.25, 0.3) is 0 Å². The van der Waals surface area contributed by atoms with Gasteiger partial charge < -0.3 is 23.7 Å². The molecule has 0 aromatic carbocycles. The molecular weight excluding hydrogens is 344 g/mol. The number of rotatable bonds is 17. The smallest absolute Gasteiger partial charge is 0.157 e. The lowest BCUT2D eigenvalue weighted by Crippen LogP contribution is -2.37. The Morgan fingerprint density at radius 3 is 2.04 bits per heavy atom. The predicted molar refractivity (Wildman–Crippen MR) is 107 cm³/mol. The van der Waals surface area contributed by atoms with Crippen LogP contribution in [0.2, 0.25) is 0 Å². The van der Waals surface area contributed by atoms with Crippen molar-refractivity contribution in [3.8, 4) is 0 Å². The topological polar surface area (TPSA) is 46.2 Å². The summed E-state index contributed by atoms with van der Waals surface area (Å²) in [7, 11) is 0. The van der Waals surface area contributed by atoms with Gasteiger partial charge in [0.1, 0.15) is 0 Å². The Balaban J connectivity index is 1.23. The van der Waals surface area contributed by atoms with Gasteiger partial charge in [-0.15, -0.1) is 0 Å². The normalized spacial score (nSPS) is 25.4. The fraction of sp³-hybridized carbons (Fsp3) is 1.00. The Labute approximate surface area is 166 Å². The minimum atomic E-state index is 0.0524. The van der Waals surface area contributed by atoms with Crippen molar-refractivity contribution >= 4 is 0 Å². The maximum atomic E-state index is 5.88. The summed E-state index contributed by atoms with van der Waals surface area (Å²) >= 11 is 0. The summed E-state index contributed by atoms with van der Waals surface area (Å²) in [5.41, 5.74) is 0. The quantitative estimate of drug-likeness (QED) is 0.334. The van der Waals surface area contributed by atoms with Crippen molar-refractivity contribution in [1.29, 1.82) is 0 Å². The Kier molecular flexibility index (Phi) is 13.4. The number of unbranched alkanes of at least 4 members (excludes halogenated alkanes) is 4. The van der Waals surface area contributed by atoms with Crippen molar-refractivity contribution < 1.29 is 23.7 Å². The van der Waals surface area contributed by atoms with E-state index in [2.05, 4.69) is 6.92 Å². The predicted octanol–water partition coefficient (Wildman–Crippen LogP) is 4.86. The van der Waals surface area contributed by atoms with Crippen molar-refractivity contribution in [2.24, 2.45) is 0 Å². The van der Waals surface area contributed by atoms with Crippen LogP contribution >= 0.6 is 0 Å². The molecule has 160 valence electrons.